The Balaban J connectivity index is 1.33. The normalized spacial score (nSPS) is 11.4. The molecular formula is C27H26N4O2S3. The van der Waals surface area contributed by atoms with Crippen molar-refractivity contribution in [2.45, 2.75) is 24.0 Å². The van der Waals surface area contributed by atoms with E-state index < -0.39 is 0 Å². The van der Waals surface area contributed by atoms with Gasteiger partial charge in [0.25, 0.3) is 0 Å². The Hall–Kier alpha value is -3.40. The Bertz CT molecular complexity index is 1360. The Labute approximate surface area is 224 Å². The third kappa shape index (κ3) is 6.84. The maximum absolute atomic E-state index is 12.8. The molecule has 1 aromatic heterocycles. The summed E-state index contributed by atoms with van der Waals surface area (Å²) >= 11 is 8.35. The van der Waals surface area contributed by atoms with Crippen molar-refractivity contribution in [2.75, 3.05) is 23.1 Å². The van der Waals surface area contributed by atoms with Crippen LogP contribution in [-0.4, -0.2) is 28.4 Å². The predicted molar refractivity (Wildman–Crippen MR) is 156 cm³/mol. The van der Waals surface area contributed by atoms with Crippen molar-refractivity contribution in [1.82, 2.24) is 4.98 Å². The third-order valence-corrected chi connectivity index (χ3v) is 7.27. The van der Waals surface area contributed by atoms with Crippen LogP contribution in [0.2, 0.25) is 0 Å². The molecule has 184 valence electrons. The molecule has 0 saturated heterocycles. The number of carbonyl (C=O) groups is 1. The van der Waals surface area contributed by atoms with E-state index in [9.17, 15) is 4.79 Å². The molecule has 0 saturated carbocycles. The number of rotatable bonds is 8. The quantitative estimate of drug-likeness (QED) is 0.165. The number of thioether (sulfide) groups is 1. The number of nitrogens with one attached hydrogen (secondary N) is 3. The van der Waals surface area contributed by atoms with Crippen LogP contribution in [0.5, 0.6) is 5.75 Å². The lowest BCUT2D eigenvalue weighted by Crippen LogP contribution is -2.22. The number of aryl methyl sites for hydroxylation is 1. The van der Waals surface area contributed by atoms with Gasteiger partial charge in [0.1, 0.15) is 5.75 Å². The highest BCUT2D eigenvalue weighted by atomic mass is 32.2. The number of ether oxygens (including phenoxy) is 1. The lowest BCUT2D eigenvalue weighted by Gasteiger charge is -2.14. The van der Waals surface area contributed by atoms with Gasteiger partial charge in [-0.3, -0.25) is 4.79 Å². The second kappa shape index (κ2) is 12.0. The average Bonchev–Trinajstić information content (AvgIpc) is 3.33. The molecule has 1 amide bonds. The molecule has 0 aliphatic carbocycles. The van der Waals surface area contributed by atoms with E-state index in [-0.39, 0.29) is 11.2 Å². The van der Waals surface area contributed by atoms with Gasteiger partial charge in [0.05, 0.1) is 23.7 Å². The van der Waals surface area contributed by atoms with Crippen molar-refractivity contribution < 1.29 is 9.53 Å². The highest BCUT2D eigenvalue weighted by molar-refractivity contribution is 8.00. The lowest BCUT2D eigenvalue weighted by molar-refractivity contribution is -0.115. The van der Waals surface area contributed by atoms with Crippen LogP contribution in [0, 0.1) is 6.92 Å². The van der Waals surface area contributed by atoms with Crippen molar-refractivity contribution in [2.24, 2.45) is 0 Å². The number of hydrogen-bond acceptors (Lipinski definition) is 6. The van der Waals surface area contributed by atoms with Gasteiger partial charge in [-0.2, -0.15) is 0 Å². The second-order valence-electron chi connectivity index (χ2n) is 7.96. The molecule has 1 heterocycles. The first kappa shape index (κ1) is 25.7. The largest absolute Gasteiger partial charge is 0.495 e. The van der Waals surface area contributed by atoms with Crippen molar-refractivity contribution in [3.05, 3.63) is 83.7 Å². The van der Waals surface area contributed by atoms with E-state index in [0.717, 1.165) is 27.5 Å². The lowest BCUT2D eigenvalue weighted by atomic mass is 10.1. The van der Waals surface area contributed by atoms with Gasteiger partial charge in [-0.25, -0.2) is 4.98 Å². The monoisotopic (exact) mass is 534 g/mol. The first-order valence-corrected chi connectivity index (χ1v) is 13.4. The summed E-state index contributed by atoms with van der Waals surface area (Å²) in [5, 5.41) is 12.0. The minimum Gasteiger partial charge on any atom is -0.495 e. The van der Waals surface area contributed by atoms with Gasteiger partial charge in [-0.15, -0.1) is 23.1 Å². The molecular weight excluding hydrogens is 509 g/mol. The number of carbonyl (C=O) groups excluding carboxylic acids is 1. The summed E-state index contributed by atoms with van der Waals surface area (Å²) in [4.78, 5) is 18.3. The fraction of sp³-hybridized carbons (Fsp3) is 0.148. The minimum atomic E-state index is -0.314. The molecule has 0 bridgehead atoms. The van der Waals surface area contributed by atoms with Crippen LogP contribution in [0.25, 0.3) is 11.3 Å². The number of thiocarbonyl (C=S) groups is 1. The van der Waals surface area contributed by atoms with Crippen molar-refractivity contribution in [3.8, 4) is 17.0 Å². The standard InChI is InChI=1S/C27H26N4O2S3/c1-17-11-13-19(14-12-17)23-16-35-27(30-23)31-25(32)18(2)36-21-8-6-7-20(15-21)28-26(34)29-22-9-4-5-10-24(22)33-3/h4-16,18H,1-3H3,(H2,28,29,34)(H,30,31,32). The van der Waals surface area contributed by atoms with Crippen LogP contribution >= 0.6 is 35.3 Å². The number of methoxy groups -OCH3 is 1. The van der Waals surface area contributed by atoms with Crippen LogP contribution < -0.4 is 20.7 Å². The zero-order valence-electron chi connectivity index (χ0n) is 20.1. The molecule has 0 aliphatic heterocycles. The molecule has 6 nitrogen and oxygen atoms in total. The molecule has 0 fully saturated rings. The minimum absolute atomic E-state index is 0.100. The molecule has 3 N–H and O–H groups in total. The number of benzene rings is 3. The van der Waals surface area contributed by atoms with E-state index in [2.05, 4.69) is 40.0 Å². The summed E-state index contributed by atoms with van der Waals surface area (Å²) in [6.45, 7) is 3.93. The fourth-order valence-corrected chi connectivity index (χ4v) is 5.21. The highest BCUT2D eigenvalue weighted by Crippen LogP contribution is 2.29. The van der Waals surface area contributed by atoms with E-state index in [0.29, 0.717) is 16.0 Å². The number of hydrogen-bond donors (Lipinski definition) is 3. The highest BCUT2D eigenvalue weighted by Gasteiger charge is 2.17. The Morgan fingerprint density at radius 2 is 1.81 bits per heavy atom. The van der Waals surface area contributed by atoms with Gasteiger partial charge in [0.15, 0.2) is 10.2 Å². The van der Waals surface area contributed by atoms with Crippen molar-refractivity contribution in [3.63, 3.8) is 0 Å². The third-order valence-electron chi connectivity index (χ3n) is 5.21. The Morgan fingerprint density at radius 1 is 1.03 bits per heavy atom. The number of nitrogens with zero attached hydrogens (tertiary/aromatic N) is 1. The Kier molecular flexibility index (Phi) is 8.58. The van der Waals surface area contributed by atoms with E-state index in [4.69, 9.17) is 17.0 Å². The topological polar surface area (TPSA) is 75.3 Å². The summed E-state index contributed by atoms with van der Waals surface area (Å²) in [6, 6.07) is 23.5. The summed E-state index contributed by atoms with van der Waals surface area (Å²) in [5.74, 6) is 0.605. The number of anilines is 3. The van der Waals surface area contributed by atoms with Crippen LogP contribution in [-0.2, 0) is 4.79 Å². The number of aromatic nitrogens is 1. The SMILES string of the molecule is COc1ccccc1NC(=S)Nc1cccc(SC(C)C(=O)Nc2nc(-c3ccc(C)cc3)cs2)c1. The zero-order chi connectivity index (χ0) is 25.5. The van der Waals surface area contributed by atoms with E-state index >= 15 is 0 Å². The van der Waals surface area contributed by atoms with Crippen LogP contribution in [0.1, 0.15) is 12.5 Å². The van der Waals surface area contributed by atoms with Gasteiger partial charge in [-0.05, 0) is 56.4 Å². The zero-order valence-corrected chi connectivity index (χ0v) is 22.5. The first-order valence-electron chi connectivity index (χ1n) is 11.2. The van der Waals surface area contributed by atoms with Crippen LogP contribution in [0.15, 0.2) is 83.1 Å². The van der Waals surface area contributed by atoms with Gasteiger partial charge in [0.2, 0.25) is 5.91 Å². The molecule has 4 aromatic rings. The van der Waals surface area contributed by atoms with Gasteiger partial charge >= 0.3 is 0 Å². The second-order valence-corrected chi connectivity index (χ2v) is 10.6. The summed E-state index contributed by atoms with van der Waals surface area (Å²) in [6.07, 6.45) is 0. The van der Waals surface area contributed by atoms with Crippen molar-refractivity contribution >= 4 is 62.8 Å². The molecule has 9 heteroatoms. The van der Waals surface area contributed by atoms with Crippen LogP contribution in [0.4, 0.5) is 16.5 Å². The Morgan fingerprint density at radius 3 is 2.58 bits per heavy atom. The molecule has 1 atom stereocenters. The van der Waals surface area contributed by atoms with Crippen molar-refractivity contribution in [1.29, 1.82) is 0 Å². The number of para-hydroxylation sites is 2. The predicted octanol–water partition coefficient (Wildman–Crippen LogP) is 7.06. The van der Waals surface area contributed by atoms with E-state index in [1.165, 1.54) is 28.7 Å². The first-order chi connectivity index (χ1) is 17.4. The van der Waals surface area contributed by atoms with E-state index in [1.54, 1.807) is 7.11 Å². The molecule has 0 spiro atoms. The fourth-order valence-electron chi connectivity index (χ4n) is 3.33. The maximum Gasteiger partial charge on any atom is 0.239 e. The average molecular weight is 535 g/mol. The number of thiazole rings is 1. The molecule has 0 radical (unpaired) electrons. The smallest absolute Gasteiger partial charge is 0.239 e. The number of amides is 1. The molecule has 36 heavy (non-hydrogen) atoms. The van der Waals surface area contributed by atoms with E-state index in [1.807, 2.05) is 73.0 Å². The summed E-state index contributed by atoms with van der Waals surface area (Å²) < 4.78 is 5.36. The van der Waals surface area contributed by atoms with Gasteiger partial charge in [-0.1, -0.05) is 48.0 Å². The summed E-state index contributed by atoms with van der Waals surface area (Å²) in [5.41, 5.74) is 4.68. The molecule has 1 unspecified atom stereocenters. The molecule has 4 rings (SSSR count). The van der Waals surface area contributed by atoms with Gasteiger partial charge < -0.3 is 20.7 Å². The van der Waals surface area contributed by atoms with Gasteiger partial charge in [0, 0.05) is 21.5 Å². The summed E-state index contributed by atoms with van der Waals surface area (Å²) in [7, 11) is 1.62. The van der Waals surface area contributed by atoms with Crippen LogP contribution in [0.3, 0.4) is 0 Å². The molecule has 0 aliphatic rings. The maximum atomic E-state index is 12.8. The molecule has 3 aromatic carbocycles.